The first-order chi connectivity index (χ1) is 9.83. The first-order valence-electron chi connectivity index (χ1n) is 7.45. The number of aliphatic hydroxyl groups excluding tert-OH is 1. The van der Waals surface area contributed by atoms with E-state index in [2.05, 4.69) is 5.32 Å². The van der Waals surface area contributed by atoms with Crippen molar-refractivity contribution in [3.63, 3.8) is 0 Å². The highest BCUT2D eigenvalue weighted by Crippen LogP contribution is 2.24. The standard InChI is InChI=1S/C17H27NO3/c1-13(10-11-19)12-18-16(20)15(21-17(2,3)4)14-8-6-5-7-9-14/h5-9,13,15,19H,10-12H2,1-4H3,(H,18,20). The Morgan fingerprint density at radius 3 is 2.43 bits per heavy atom. The van der Waals surface area contributed by atoms with Gasteiger partial charge in [0.2, 0.25) is 0 Å². The average molecular weight is 293 g/mol. The average Bonchev–Trinajstić information content (AvgIpc) is 2.42. The molecular formula is C17H27NO3. The molecule has 1 aromatic carbocycles. The van der Waals surface area contributed by atoms with Crippen LogP contribution in [0.4, 0.5) is 0 Å². The third-order valence-corrected chi connectivity index (χ3v) is 3.06. The molecule has 0 radical (unpaired) electrons. The minimum Gasteiger partial charge on any atom is -0.396 e. The van der Waals surface area contributed by atoms with E-state index in [4.69, 9.17) is 9.84 Å². The van der Waals surface area contributed by atoms with Crippen LogP contribution in [-0.4, -0.2) is 29.8 Å². The van der Waals surface area contributed by atoms with Crippen LogP contribution in [0.25, 0.3) is 0 Å². The van der Waals surface area contributed by atoms with Gasteiger partial charge in [-0.1, -0.05) is 37.3 Å². The molecule has 2 N–H and O–H groups in total. The molecule has 0 aromatic heterocycles. The number of carbonyl (C=O) groups excluding carboxylic acids is 1. The summed E-state index contributed by atoms with van der Waals surface area (Å²) < 4.78 is 5.92. The molecule has 0 aliphatic rings. The molecule has 0 fully saturated rings. The number of aliphatic hydroxyl groups is 1. The van der Waals surface area contributed by atoms with Gasteiger partial charge in [-0.15, -0.1) is 0 Å². The lowest BCUT2D eigenvalue weighted by atomic mass is 10.1. The first-order valence-corrected chi connectivity index (χ1v) is 7.45. The zero-order valence-corrected chi connectivity index (χ0v) is 13.4. The van der Waals surface area contributed by atoms with E-state index in [0.29, 0.717) is 13.0 Å². The van der Waals surface area contributed by atoms with Crippen LogP contribution >= 0.6 is 0 Å². The summed E-state index contributed by atoms with van der Waals surface area (Å²) in [6.07, 6.45) is 0.0590. The molecule has 2 unspecified atom stereocenters. The number of rotatable bonds is 7. The smallest absolute Gasteiger partial charge is 0.253 e. The number of amides is 1. The van der Waals surface area contributed by atoms with E-state index in [1.165, 1.54) is 0 Å². The summed E-state index contributed by atoms with van der Waals surface area (Å²) in [5.41, 5.74) is 0.439. The molecule has 1 rings (SSSR count). The Kier molecular flexibility index (Phi) is 6.85. The van der Waals surface area contributed by atoms with Gasteiger partial charge in [0.15, 0.2) is 6.10 Å². The maximum absolute atomic E-state index is 12.4. The van der Waals surface area contributed by atoms with Crippen molar-refractivity contribution in [2.45, 2.75) is 45.8 Å². The van der Waals surface area contributed by atoms with Crippen LogP contribution in [0.3, 0.4) is 0 Å². The van der Waals surface area contributed by atoms with Crippen molar-refractivity contribution in [1.29, 1.82) is 0 Å². The summed E-state index contributed by atoms with van der Waals surface area (Å²) >= 11 is 0. The summed E-state index contributed by atoms with van der Waals surface area (Å²) in [5, 5.41) is 11.8. The zero-order valence-electron chi connectivity index (χ0n) is 13.4. The fourth-order valence-corrected chi connectivity index (χ4v) is 1.94. The van der Waals surface area contributed by atoms with Crippen molar-refractivity contribution in [3.8, 4) is 0 Å². The lowest BCUT2D eigenvalue weighted by Gasteiger charge is -2.27. The molecular weight excluding hydrogens is 266 g/mol. The molecule has 0 aliphatic carbocycles. The lowest BCUT2D eigenvalue weighted by molar-refractivity contribution is -0.143. The van der Waals surface area contributed by atoms with Crippen LogP contribution in [0.15, 0.2) is 30.3 Å². The summed E-state index contributed by atoms with van der Waals surface area (Å²) in [4.78, 5) is 12.4. The number of ether oxygens (including phenoxy) is 1. The van der Waals surface area contributed by atoms with Crippen LogP contribution in [0.1, 0.15) is 45.8 Å². The van der Waals surface area contributed by atoms with Crippen LogP contribution < -0.4 is 5.32 Å². The van der Waals surface area contributed by atoms with Crippen LogP contribution in [0, 0.1) is 5.92 Å². The van der Waals surface area contributed by atoms with Crippen molar-refractivity contribution in [2.75, 3.05) is 13.2 Å². The summed E-state index contributed by atoms with van der Waals surface area (Å²) in [5.74, 6) is 0.103. The molecule has 0 saturated carbocycles. The Bertz CT molecular complexity index is 425. The van der Waals surface area contributed by atoms with E-state index in [0.717, 1.165) is 5.56 Å². The number of hydrogen-bond donors (Lipinski definition) is 2. The van der Waals surface area contributed by atoms with Crippen LogP contribution in [-0.2, 0) is 9.53 Å². The van der Waals surface area contributed by atoms with E-state index in [1.54, 1.807) is 0 Å². The Balaban J connectivity index is 2.75. The van der Waals surface area contributed by atoms with Gasteiger partial charge in [0.25, 0.3) is 5.91 Å². The predicted molar refractivity (Wildman–Crippen MR) is 83.9 cm³/mol. The Morgan fingerprint density at radius 1 is 1.29 bits per heavy atom. The molecule has 4 nitrogen and oxygen atoms in total. The number of benzene rings is 1. The number of carbonyl (C=O) groups is 1. The molecule has 4 heteroatoms. The van der Waals surface area contributed by atoms with Gasteiger partial charge < -0.3 is 15.2 Å². The Labute approximate surface area is 127 Å². The summed E-state index contributed by atoms with van der Waals surface area (Å²) in [7, 11) is 0. The molecule has 0 heterocycles. The van der Waals surface area contributed by atoms with Gasteiger partial charge in [-0.2, -0.15) is 0 Å². The van der Waals surface area contributed by atoms with Crippen molar-refractivity contribution in [3.05, 3.63) is 35.9 Å². The number of hydrogen-bond acceptors (Lipinski definition) is 3. The molecule has 0 spiro atoms. The Hall–Kier alpha value is -1.39. The molecule has 118 valence electrons. The lowest BCUT2D eigenvalue weighted by Crippen LogP contribution is -2.37. The van der Waals surface area contributed by atoms with Gasteiger partial charge in [0.1, 0.15) is 0 Å². The summed E-state index contributed by atoms with van der Waals surface area (Å²) in [6, 6.07) is 9.51. The number of nitrogens with one attached hydrogen (secondary N) is 1. The normalized spacial score (nSPS) is 14.5. The van der Waals surface area contributed by atoms with Crippen LogP contribution in [0.5, 0.6) is 0 Å². The maximum Gasteiger partial charge on any atom is 0.253 e. The van der Waals surface area contributed by atoms with Crippen molar-refractivity contribution >= 4 is 5.91 Å². The van der Waals surface area contributed by atoms with E-state index in [-0.39, 0.29) is 18.4 Å². The van der Waals surface area contributed by atoms with E-state index >= 15 is 0 Å². The first kappa shape index (κ1) is 17.7. The van der Waals surface area contributed by atoms with Crippen molar-refractivity contribution < 1.29 is 14.6 Å². The largest absolute Gasteiger partial charge is 0.396 e. The van der Waals surface area contributed by atoms with Gasteiger partial charge in [0.05, 0.1) is 5.60 Å². The van der Waals surface area contributed by atoms with Crippen molar-refractivity contribution in [2.24, 2.45) is 5.92 Å². The predicted octanol–water partition coefficient (Wildman–Crippen LogP) is 2.68. The maximum atomic E-state index is 12.4. The molecule has 21 heavy (non-hydrogen) atoms. The fraction of sp³-hybridized carbons (Fsp3) is 0.588. The quantitative estimate of drug-likeness (QED) is 0.812. The van der Waals surface area contributed by atoms with Gasteiger partial charge in [-0.25, -0.2) is 0 Å². The highest BCUT2D eigenvalue weighted by Gasteiger charge is 2.26. The molecule has 0 bridgehead atoms. The van der Waals surface area contributed by atoms with E-state index < -0.39 is 11.7 Å². The minimum atomic E-state index is -0.618. The molecule has 1 aromatic rings. The fourth-order valence-electron chi connectivity index (χ4n) is 1.94. The third-order valence-electron chi connectivity index (χ3n) is 3.06. The third kappa shape index (κ3) is 6.74. The van der Waals surface area contributed by atoms with Crippen molar-refractivity contribution in [1.82, 2.24) is 5.32 Å². The van der Waals surface area contributed by atoms with E-state index in [9.17, 15) is 4.79 Å². The van der Waals surface area contributed by atoms with Gasteiger partial charge in [-0.05, 0) is 38.7 Å². The Morgan fingerprint density at radius 2 is 1.90 bits per heavy atom. The monoisotopic (exact) mass is 293 g/mol. The van der Waals surface area contributed by atoms with Gasteiger partial charge >= 0.3 is 0 Å². The molecule has 0 aliphatic heterocycles. The topological polar surface area (TPSA) is 58.6 Å². The van der Waals surface area contributed by atoms with Crippen LogP contribution in [0.2, 0.25) is 0 Å². The molecule has 2 atom stereocenters. The second-order valence-corrected chi connectivity index (χ2v) is 6.38. The SMILES string of the molecule is CC(CCO)CNC(=O)C(OC(C)(C)C)c1ccccc1. The molecule has 1 amide bonds. The van der Waals surface area contributed by atoms with E-state index in [1.807, 2.05) is 58.0 Å². The van der Waals surface area contributed by atoms with Gasteiger partial charge in [-0.3, -0.25) is 4.79 Å². The highest BCUT2D eigenvalue weighted by atomic mass is 16.5. The summed E-state index contributed by atoms with van der Waals surface area (Å²) in [6.45, 7) is 8.48. The second kappa shape index (κ2) is 8.15. The van der Waals surface area contributed by atoms with Gasteiger partial charge in [0, 0.05) is 13.2 Å². The second-order valence-electron chi connectivity index (χ2n) is 6.38. The molecule has 0 saturated heterocycles. The highest BCUT2D eigenvalue weighted by molar-refractivity contribution is 5.82. The minimum absolute atomic E-state index is 0.137. The zero-order chi connectivity index (χ0) is 15.9.